The number of ether oxygens (including phenoxy) is 3. The number of methoxy groups -OCH3 is 1. The fourth-order valence-electron chi connectivity index (χ4n) is 2.61. The zero-order valence-corrected chi connectivity index (χ0v) is 14.2. The van der Waals surface area contributed by atoms with Gasteiger partial charge in [-0.2, -0.15) is 0 Å². The van der Waals surface area contributed by atoms with E-state index in [4.69, 9.17) is 14.2 Å². The molecule has 0 spiro atoms. The highest BCUT2D eigenvalue weighted by Crippen LogP contribution is 2.32. The minimum atomic E-state index is 0.00481. The highest BCUT2D eigenvalue weighted by molar-refractivity contribution is 5.76. The Morgan fingerprint density at radius 1 is 1.12 bits per heavy atom. The molecule has 2 aromatic carbocycles. The van der Waals surface area contributed by atoms with E-state index < -0.39 is 0 Å². The van der Waals surface area contributed by atoms with Crippen molar-refractivity contribution in [2.24, 2.45) is 0 Å². The van der Waals surface area contributed by atoms with E-state index in [1.807, 2.05) is 42.5 Å². The lowest BCUT2D eigenvalue weighted by Crippen LogP contribution is -2.27. The minimum Gasteiger partial charge on any atom is -0.496 e. The van der Waals surface area contributed by atoms with Crippen molar-refractivity contribution in [3.63, 3.8) is 0 Å². The van der Waals surface area contributed by atoms with Gasteiger partial charge in [-0.05, 0) is 23.8 Å². The minimum absolute atomic E-state index is 0.00481. The van der Waals surface area contributed by atoms with Crippen molar-refractivity contribution in [1.29, 1.82) is 0 Å². The number of rotatable bonds is 8. The summed E-state index contributed by atoms with van der Waals surface area (Å²) in [7, 11) is 1.66. The van der Waals surface area contributed by atoms with E-state index >= 15 is 0 Å². The third-order valence-corrected chi connectivity index (χ3v) is 3.96. The average molecular weight is 342 g/mol. The molecule has 1 heterocycles. The van der Waals surface area contributed by atoms with Crippen LogP contribution in [0.4, 0.5) is 0 Å². The number of hydrogen-bond donors (Lipinski definition) is 2. The van der Waals surface area contributed by atoms with Crippen LogP contribution in [-0.2, 0) is 17.9 Å². The highest BCUT2D eigenvalue weighted by atomic mass is 16.7. The van der Waals surface area contributed by atoms with Gasteiger partial charge >= 0.3 is 0 Å². The maximum atomic E-state index is 12.0. The largest absolute Gasteiger partial charge is 0.496 e. The van der Waals surface area contributed by atoms with E-state index in [9.17, 15) is 4.79 Å². The van der Waals surface area contributed by atoms with Gasteiger partial charge in [-0.3, -0.25) is 4.79 Å². The molecule has 25 heavy (non-hydrogen) atoms. The van der Waals surface area contributed by atoms with Crippen molar-refractivity contribution in [2.75, 3.05) is 20.4 Å². The molecule has 3 rings (SSSR count). The zero-order chi connectivity index (χ0) is 17.5. The van der Waals surface area contributed by atoms with E-state index in [2.05, 4.69) is 10.6 Å². The van der Waals surface area contributed by atoms with Crippen molar-refractivity contribution in [2.45, 2.75) is 19.5 Å². The van der Waals surface area contributed by atoms with Crippen LogP contribution in [0.1, 0.15) is 17.5 Å². The molecule has 0 saturated carbocycles. The Labute approximate surface area is 147 Å². The second-order valence-electron chi connectivity index (χ2n) is 5.70. The number of para-hydroxylation sites is 1. The topological polar surface area (TPSA) is 68.8 Å². The van der Waals surface area contributed by atoms with Gasteiger partial charge in [-0.15, -0.1) is 0 Å². The maximum absolute atomic E-state index is 12.0. The smallest absolute Gasteiger partial charge is 0.231 e. The molecule has 1 aliphatic heterocycles. The van der Waals surface area contributed by atoms with Crippen LogP contribution in [0.5, 0.6) is 17.2 Å². The Bertz CT molecular complexity index is 733. The van der Waals surface area contributed by atoms with Gasteiger partial charge in [0.25, 0.3) is 0 Å². The summed E-state index contributed by atoms with van der Waals surface area (Å²) in [6, 6.07) is 13.5. The van der Waals surface area contributed by atoms with Crippen LogP contribution in [0.15, 0.2) is 42.5 Å². The van der Waals surface area contributed by atoms with Gasteiger partial charge in [0, 0.05) is 31.6 Å². The van der Waals surface area contributed by atoms with Gasteiger partial charge in [0.2, 0.25) is 12.7 Å². The van der Waals surface area contributed by atoms with Crippen LogP contribution >= 0.6 is 0 Å². The number of carbonyl (C=O) groups excluding carboxylic acids is 1. The van der Waals surface area contributed by atoms with E-state index in [-0.39, 0.29) is 12.7 Å². The summed E-state index contributed by atoms with van der Waals surface area (Å²) in [5.74, 6) is 2.33. The first-order valence-corrected chi connectivity index (χ1v) is 8.24. The standard InChI is InChI=1S/C19H22N2O4/c1-23-16-5-3-2-4-15(16)12-20-9-8-19(22)21-11-14-6-7-17-18(10-14)25-13-24-17/h2-7,10,20H,8-9,11-13H2,1H3,(H,21,22). The van der Waals surface area contributed by atoms with Crippen LogP contribution in [0.25, 0.3) is 0 Å². The average Bonchev–Trinajstić information content (AvgIpc) is 3.11. The monoisotopic (exact) mass is 342 g/mol. The van der Waals surface area contributed by atoms with Crippen LogP contribution < -0.4 is 24.8 Å². The molecular formula is C19H22N2O4. The molecule has 0 bridgehead atoms. The Morgan fingerprint density at radius 3 is 2.84 bits per heavy atom. The third kappa shape index (κ3) is 4.64. The number of nitrogens with one attached hydrogen (secondary N) is 2. The molecule has 1 aliphatic rings. The van der Waals surface area contributed by atoms with Crippen molar-refractivity contribution in [1.82, 2.24) is 10.6 Å². The Hall–Kier alpha value is -2.73. The number of amides is 1. The van der Waals surface area contributed by atoms with E-state index in [0.29, 0.717) is 26.1 Å². The quantitative estimate of drug-likeness (QED) is 0.720. The van der Waals surface area contributed by atoms with Crippen LogP contribution in [-0.4, -0.2) is 26.4 Å². The molecular weight excluding hydrogens is 320 g/mol. The fraction of sp³-hybridized carbons (Fsp3) is 0.316. The van der Waals surface area contributed by atoms with Crippen molar-refractivity contribution in [3.05, 3.63) is 53.6 Å². The second kappa shape index (κ2) is 8.39. The van der Waals surface area contributed by atoms with E-state index in [1.165, 1.54) is 0 Å². The molecule has 0 atom stereocenters. The molecule has 6 nitrogen and oxygen atoms in total. The van der Waals surface area contributed by atoms with Crippen LogP contribution in [0.2, 0.25) is 0 Å². The zero-order valence-electron chi connectivity index (χ0n) is 14.2. The second-order valence-corrected chi connectivity index (χ2v) is 5.70. The highest BCUT2D eigenvalue weighted by Gasteiger charge is 2.13. The lowest BCUT2D eigenvalue weighted by atomic mass is 10.2. The number of hydrogen-bond acceptors (Lipinski definition) is 5. The van der Waals surface area contributed by atoms with Crippen molar-refractivity contribution < 1.29 is 19.0 Å². The van der Waals surface area contributed by atoms with Crippen molar-refractivity contribution in [3.8, 4) is 17.2 Å². The van der Waals surface area contributed by atoms with Gasteiger partial charge in [0.05, 0.1) is 7.11 Å². The SMILES string of the molecule is COc1ccccc1CNCCC(=O)NCc1ccc2c(c1)OCO2. The summed E-state index contributed by atoms with van der Waals surface area (Å²) in [6.07, 6.45) is 0.416. The summed E-state index contributed by atoms with van der Waals surface area (Å²) in [4.78, 5) is 12.0. The molecule has 0 radical (unpaired) electrons. The van der Waals surface area contributed by atoms with Crippen LogP contribution in [0.3, 0.4) is 0 Å². The lowest BCUT2D eigenvalue weighted by molar-refractivity contribution is -0.121. The summed E-state index contributed by atoms with van der Waals surface area (Å²) in [6.45, 7) is 2.00. The van der Waals surface area contributed by atoms with E-state index in [0.717, 1.165) is 28.4 Å². The van der Waals surface area contributed by atoms with Gasteiger partial charge in [-0.25, -0.2) is 0 Å². The molecule has 0 aromatic heterocycles. The summed E-state index contributed by atoms with van der Waals surface area (Å²) in [5, 5.41) is 6.17. The molecule has 6 heteroatoms. The maximum Gasteiger partial charge on any atom is 0.231 e. The molecule has 1 amide bonds. The number of carbonyl (C=O) groups is 1. The van der Waals surface area contributed by atoms with Gasteiger partial charge in [0.1, 0.15) is 5.75 Å². The predicted octanol–water partition coefficient (Wildman–Crippen LogP) is 2.22. The Balaban J connectivity index is 1.37. The first-order valence-electron chi connectivity index (χ1n) is 8.24. The summed E-state index contributed by atoms with van der Waals surface area (Å²) in [5.41, 5.74) is 2.06. The normalized spacial score (nSPS) is 12.0. The first kappa shape index (κ1) is 17.1. The molecule has 132 valence electrons. The number of fused-ring (bicyclic) bond motifs is 1. The Morgan fingerprint density at radius 2 is 1.96 bits per heavy atom. The molecule has 0 unspecified atom stereocenters. The van der Waals surface area contributed by atoms with E-state index in [1.54, 1.807) is 7.11 Å². The molecule has 0 fully saturated rings. The van der Waals surface area contributed by atoms with Crippen LogP contribution in [0, 0.1) is 0 Å². The van der Waals surface area contributed by atoms with Gasteiger partial charge in [0.15, 0.2) is 11.5 Å². The molecule has 2 aromatic rings. The summed E-state index contributed by atoms with van der Waals surface area (Å²) < 4.78 is 15.9. The fourth-order valence-corrected chi connectivity index (χ4v) is 2.61. The lowest BCUT2D eigenvalue weighted by Gasteiger charge is -2.10. The molecule has 0 saturated heterocycles. The van der Waals surface area contributed by atoms with Gasteiger partial charge < -0.3 is 24.8 Å². The first-order chi connectivity index (χ1) is 12.3. The third-order valence-electron chi connectivity index (χ3n) is 3.96. The predicted molar refractivity (Wildman–Crippen MR) is 93.7 cm³/mol. The van der Waals surface area contributed by atoms with Crippen molar-refractivity contribution >= 4 is 5.91 Å². The summed E-state index contributed by atoms with van der Waals surface area (Å²) >= 11 is 0. The Kier molecular flexibility index (Phi) is 5.74. The number of benzene rings is 2. The molecule has 0 aliphatic carbocycles. The molecule has 2 N–H and O–H groups in total. The van der Waals surface area contributed by atoms with Gasteiger partial charge in [-0.1, -0.05) is 24.3 Å².